The number of carbonyl (C=O) groups excluding carboxylic acids is 1. The normalized spacial score (nSPS) is 12.1. The van der Waals surface area contributed by atoms with Crippen molar-refractivity contribution < 1.29 is 19.4 Å². The third-order valence-corrected chi connectivity index (χ3v) is 2.28. The van der Waals surface area contributed by atoms with Gasteiger partial charge in [-0.1, -0.05) is 32.6 Å². The number of carboxylic acid groups (broad SMARTS) is 1. The Kier molecular flexibility index (Phi) is 8.58. The Morgan fingerprint density at radius 1 is 1.19 bits per heavy atom. The van der Waals surface area contributed by atoms with E-state index in [1.165, 1.54) is 12.8 Å². The highest BCUT2D eigenvalue weighted by molar-refractivity contribution is 5.71. The van der Waals surface area contributed by atoms with Crippen molar-refractivity contribution in [2.24, 2.45) is 0 Å². The molecule has 0 aromatic rings. The highest BCUT2D eigenvalue weighted by atomic mass is 16.5. The molecule has 0 amide bonds. The molecule has 0 aliphatic rings. The minimum atomic E-state index is -0.941. The molecule has 4 heteroatoms. The van der Waals surface area contributed by atoms with E-state index in [1.807, 2.05) is 0 Å². The van der Waals surface area contributed by atoms with E-state index in [-0.39, 0.29) is 12.4 Å². The molecule has 0 aromatic carbocycles. The Bertz CT molecular complexity index is 213. The smallest absolute Gasteiger partial charge is 0.307 e. The molecule has 0 aliphatic carbocycles. The van der Waals surface area contributed by atoms with Gasteiger partial charge in [-0.3, -0.25) is 9.59 Å². The van der Waals surface area contributed by atoms with Gasteiger partial charge in [0, 0.05) is 6.42 Å². The molecule has 0 spiro atoms. The van der Waals surface area contributed by atoms with Gasteiger partial charge < -0.3 is 9.84 Å². The standard InChI is InChI=1S/C12H22O4/c1-3-4-5-6-7-8-12(15)16-10(2)9-11(13)14/h10H,3-9H2,1-2H3,(H,13,14). The summed E-state index contributed by atoms with van der Waals surface area (Å²) < 4.78 is 4.95. The molecule has 0 saturated heterocycles. The lowest BCUT2D eigenvalue weighted by Crippen LogP contribution is -2.18. The molecule has 0 saturated carbocycles. The van der Waals surface area contributed by atoms with Crippen molar-refractivity contribution >= 4 is 11.9 Å². The first-order valence-corrected chi connectivity index (χ1v) is 5.97. The first-order chi connectivity index (χ1) is 7.56. The summed E-state index contributed by atoms with van der Waals surface area (Å²) in [5.74, 6) is -1.23. The van der Waals surface area contributed by atoms with Crippen molar-refractivity contribution in [2.45, 2.75) is 64.9 Å². The van der Waals surface area contributed by atoms with E-state index in [0.717, 1.165) is 19.3 Å². The van der Waals surface area contributed by atoms with Crippen LogP contribution < -0.4 is 0 Å². The van der Waals surface area contributed by atoms with Crippen LogP contribution in [0.3, 0.4) is 0 Å². The van der Waals surface area contributed by atoms with Crippen LogP contribution in [0.5, 0.6) is 0 Å². The molecule has 94 valence electrons. The minimum absolute atomic E-state index is 0.123. The zero-order valence-electron chi connectivity index (χ0n) is 10.2. The van der Waals surface area contributed by atoms with Crippen molar-refractivity contribution in [1.82, 2.24) is 0 Å². The number of unbranched alkanes of at least 4 members (excludes halogenated alkanes) is 4. The van der Waals surface area contributed by atoms with E-state index >= 15 is 0 Å². The summed E-state index contributed by atoms with van der Waals surface area (Å²) in [4.78, 5) is 21.6. The van der Waals surface area contributed by atoms with Gasteiger partial charge in [0.25, 0.3) is 0 Å². The predicted molar refractivity (Wildman–Crippen MR) is 61.2 cm³/mol. The Labute approximate surface area is 97.0 Å². The van der Waals surface area contributed by atoms with Crippen molar-refractivity contribution in [1.29, 1.82) is 0 Å². The Balaban J connectivity index is 3.47. The molecule has 0 bridgehead atoms. The highest BCUT2D eigenvalue weighted by Crippen LogP contribution is 2.07. The highest BCUT2D eigenvalue weighted by Gasteiger charge is 2.12. The minimum Gasteiger partial charge on any atom is -0.481 e. The second kappa shape index (κ2) is 9.19. The third kappa shape index (κ3) is 9.49. The molecule has 0 aromatic heterocycles. The van der Waals surface area contributed by atoms with Crippen LogP contribution in [-0.4, -0.2) is 23.1 Å². The molecule has 0 heterocycles. The summed E-state index contributed by atoms with van der Waals surface area (Å²) in [5, 5.41) is 8.48. The van der Waals surface area contributed by atoms with Crippen molar-refractivity contribution in [2.75, 3.05) is 0 Å². The van der Waals surface area contributed by atoms with E-state index in [0.29, 0.717) is 6.42 Å². The molecule has 0 fully saturated rings. The van der Waals surface area contributed by atoms with E-state index in [2.05, 4.69) is 6.92 Å². The van der Waals surface area contributed by atoms with Gasteiger partial charge in [-0.2, -0.15) is 0 Å². The van der Waals surface area contributed by atoms with Crippen LogP contribution in [0.15, 0.2) is 0 Å². The lowest BCUT2D eigenvalue weighted by molar-refractivity contribution is -0.151. The van der Waals surface area contributed by atoms with E-state index in [4.69, 9.17) is 9.84 Å². The molecular weight excluding hydrogens is 208 g/mol. The second-order valence-electron chi connectivity index (χ2n) is 4.06. The second-order valence-corrected chi connectivity index (χ2v) is 4.06. The van der Waals surface area contributed by atoms with Crippen LogP contribution in [0, 0.1) is 0 Å². The summed E-state index contributed by atoms with van der Waals surface area (Å²) in [7, 11) is 0. The fraction of sp³-hybridized carbons (Fsp3) is 0.833. The van der Waals surface area contributed by atoms with Crippen molar-refractivity contribution in [3.05, 3.63) is 0 Å². The van der Waals surface area contributed by atoms with Crippen molar-refractivity contribution in [3.63, 3.8) is 0 Å². The monoisotopic (exact) mass is 230 g/mol. The lowest BCUT2D eigenvalue weighted by Gasteiger charge is -2.10. The first kappa shape index (κ1) is 14.9. The Hall–Kier alpha value is -1.06. The maximum Gasteiger partial charge on any atom is 0.307 e. The summed E-state index contributed by atoms with van der Waals surface area (Å²) in [6.07, 6.45) is 5.14. The van der Waals surface area contributed by atoms with Gasteiger partial charge >= 0.3 is 11.9 Å². The zero-order valence-corrected chi connectivity index (χ0v) is 10.2. The van der Waals surface area contributed by atoms with Gasteiger partial charge in [0.15, 0.2) is 0 Å². The fourth-order valence-corrected chi connectivity index (χ4v) is 1.44. The molecule has 4 nitrogen and oxygen atoms in total. The summed E-state index contributed by atoms with van der Waals surface area (Å²) in [6, 6.07) is 0. The number of carboxylic acids is 1. The van der Waals surface area contributed by atoms with Crippen LogP contribution in [0.4, 0.5) is 0 Å². The van der Waals surface area contributed by atoms with Gasteiger partial charge in [0.05, 0.1) is 6.42 Å². The van der Waals surface area contributed by atoms with Crippen LogP contribution >= 0.6 is 0 Å². The van der Waals surface area contributed by atoms with Gasteiger partial charge in [-0.15, -0.1) is 0 Å². The Morgan fingerprint density at radius 2 is 1.81 bits per heavy atom. The van der Waals surface area contributed by atoms with Crippen LogP contribution in [0.2, 0.25) is 0 Å². The number of ether oxygens (including phenoxy) is 1. The van der Waals surface area contributed by atoms with Gasteiger partial charge in [0.1, 0.15) is 6.10 Å². The quantitative estimate of drug-likeness (QED) is 0.488. The maximum atomic E-state index is 11.3. The molecule has 1 unspecified atom stereocenters. The van der Waals surface area contributed by atoms with Crippen LogP contribution in [-0.2, 0) is 14.3 Å². The largest absolute Gasteiger partial charge is 0.481 e. The van der Waals surface area contributed by atoms with Crippen LogP contribution in [0.25, 0.3) is 0 Å². The van der Waals surface area contributed by atoms with E-state index in [9.17, 15) is 9.59 Å². The number of hydrogen-bond donors (Lipinski definition) is 1. The number of esters is 1. The molecular formula is C12H22O4. The summed E-state index contributed by atoms with van der Waals surface area (Å²) in [6.45, 7) is 3.74. The lowest BCUT2D eigenvalue weighted by atomic mass is 10.1. The van der Waals surface area contributed by atoms with Gasteiger partial charge in [0.2, 0.25) is 0 Å². The first-order valence-electron chi connectivity index (χ1n) is 5.97. The topological polar surface area (TPSA) is 63.6 Å². The Morgan fingerprint density at radius 3 is 2.38 bits per heavy atom. The number of carbonyl (C=O) groups is 2. The van der Waals surface area contributed by atoms with Gasteiger partial charge in [-0.25, -0.2) is 0 Å². The molecule has 1 atom stereocenters. The van der Waals surface area contributed by atoms with Crippen molar-refractivity contribution in [3.8, 4) is 0 Å². The SMILES string of the molecule is CCCCCCCC(=O)OC(C)CC(=O)O. The number of aliphatic carboxylic acids is 1. The molecule has 16 heavy (non-hydrogen) atoms. The fourth-order valence-electron chi connectivity index (χ4n) is 1.44. The third-order valence-electron chi connectivity index (χ3n) is 2.28. The van der Waals surface area contributed by atoms with Gasteiger partial charge in [-0.05, 0) is 13.3 Å². The number of rotatable bonds is 9. The molecule has 0 rings (SSSR count). The maximum absolute atomic E-state index is 11.3. The van der Waals surface area contributed by atoms with E-state index < -0.39 is 12.1 Å². The number of hydrogen-bond acceptors (Lipinski definition) is 3. The summed E-state index contributed by atoms with van der Waals surface area (Å²) >= 11 is 0. The summed E-state index contributed by atoms with van der Waals surface area (Å²) in [5.41, 5.74) is 0. The average molecular weight is 230 g/mol. The zero-order chi connectivity index (χ0) is 12.4. The predicted octanol–water partition coefficient (Wildman–Crippen LogP) is 2.75. The van der Waals surface area contributed by atoms with E-state index in [1.54, 1.807) is 6.92 Å². The molecule has 0 radical (unpaired) electrons. The molecule has 1 N–H and O–H groups in total. The molecule has 0 aliphatic heterocycles. The average Bonchev–Trinajstić information content (AvgIpc) is 2.15. The van der Waals surface area contributed by atoms with Crippen LogP contribution in [0.1, 0.15) is 58.8 Å².